The maximum Gasteiger partial charge on any atom is 0.241 e. The van der Waals surface area contributed by atoms with Crippen LogP contribution in [0.2, 0.25) is 0 Å². The summed E-state index contributed by atoms with van der Waals surface area (Å²) in [5.41, 5.74) is 6.46. The fourth-order valence-electron chi connectivity index (χ4n) is 2.01. The van der Waals surface area contributed by atoms with Gasteiger partial charge in [0.25, 0.3) is 0 Å². The monoisotopic (exact) mass is 293 g/mol. The Morgan fingerprint density at radius 2 is 1.75 bits per heavy atom. The van der Waals surface area contributed by atoms with Gasteiger partial charge in [-0.25, -0.2) is 13.1 Å². The zero-order valence-electron chi connectivity index (χ0n) is 11.6. The maximum atomic E-state index is 12.4. The molecule has 0 saturated carbocycles. The number of benzene rings is 2. The van der Waals surface area contributed by atoms with Gasteiger partial charge in [-0.3, -0.25) is 0 Å². The van der Waals surface area contributed by atoms with Crippen LogP contribution < -0.4 is 10.5 Å². The summed E-state index contributed by atoms with van der Waals surface area (Å²) >= 11 is 0. The van der Waals surface area contributed by atoms with E-state index in [1.807, 2.05) is 31.1 Å². The largest absolute Gasteiger partial charge is 0.398 e. The number of nitrogens with one attached hydrogen (secondary N) is 1. The van der Waals surface area contributed by atoms with Crippen LogP contribution in [-0.2, 0) is 10.0 Å². The molecule has 2 aromatic rings. The fraction of sp³-hybridized carbons (Fsp3) is 0.286. The van der Waals surface area contributed by atoms with Crippen molar-refractivity contribution >= 4 is 26.5 Å². The Balaban J connectivity index is 2.40. The lowest BCUT2D eigenvalue weighted by molar-refractivity contribution is 0.412. The molecule has 2 rings (SSSR count). The predicted octanol–water partition coefficient (Wildman–Crippen LogP) is 1.26. The molecule has 0 unspecified atom stereocenters. The molecule has 0 fully saturated rings. The second kappa shape index (κ2) is 5.78. The molecule has 0 aromatic heterocycles. The highest BCUT2D eigenvalue weighted by atomic mass is 32.2. The molecule has 0 aliphatic rings. The zero-order chi connectivity index (χ0) is 14.8. The quantitative estimate of drug-likeness (QED) is 0.814. The average Bonchev–Trinajstić information content (AvgIpc) is 2.38. The van der Waals surface area contributed by atoms with Gasteiger partial charge in [-0.15, -0.1) is 0 Å². The number of fused-ring (bicyclic) bond motifs is 1. The molecule has 20 heavy (non-hydrogen) atoms. The van der Waals surface area contributed by atoms with Crippen molar-refractivity contribution in [2.75, 3.05) is 32.9 Å². The minimum Gasteiger partial charge on any atom is -0.398 e. The average molecular weight is 293 g/mol. The number of likely N-dealkylation sites (N-methyl/N-ethyl adjacent to an activating group) is 1. The van der Waals surface area contributed by atoms with Crippen LogP contribution in [0.1, 0.15) is 0 Å². The fourth-order valence-corrected chi connectivity index (χ4v) is 3.24. The summed E-state index contributed by atoms with van der Waals surface area (Å²) in [6.07, 6.45) is 0. The minimum atomic E-state index is -3.53. The first-order valence-electron chi connectivity index (χ1n) is 6.33. The van der Waals surface area contributed by atoms with E-state index in [1.165, 1.54) is 0 Å². The smallest absolute Gasteiger partial charge is 0.241 e. The molecule has 108 valence electrons. The van der Waals surface area contributed by atoms with Gasteiger partial charge in [-0.05, 0) is 26.2 Å². The van der Waals surface area contributed by atoms with Crippen LogP contribution in [0.25, 0.3) is 10.8 Å². The number of anilines is 1. The standard InChI is InChI=1S/C14H19N3O2S/c1-17(2)10-9-16-20(18,19)14-8-7-13(15)11-5-3-4-6-12(11)14/h3-8,16H,9-10,15H2,1-2H3. The first kappa shape index (κ1) is 14.8. The first-order valence-corrected chi connectivity index (χ1v) is 7.82. The van der Waals surface area contributed by atoms with E-state index in [0.717, 1.165) is 5.39 Å². The van der Waals surface area contributed by atoms with Crippen LogP contribution >= 0.6 is 0 Å². The lowest BCUT2D eigenvalue weighted by Gasteiger charge is -2.13. The molecule has 2 aromatic carbocycles. The molecule has 0 aliphatic heterocycles. The van der Waals surface area contributed by atoms with E-state index in [-0.39, 0.29) is 4.90 Å². The molecule has 0 heterocycles. The summed E-state index contributed by atoms with van der Waals surface area (Å²) < 4.78 is 27.3. The molecule has 0 radical (unpaired) electrons. The Labute approximate surface area is 119 Å². The van der Waals surface area contributed by atoms with Crippen LogP contribution in [0.4, 0.5) is 5.69 Å². The van der Waals surface area contributed by atoms with Gasteiger partial charge >= 0.3 is 0 Å². The molecule has 6 heteroatoms. The van der Waals surface area contributed by atoms with Crippen molar-refractivity contribution in [3.05, 3.63) is 36.4 Å². The van der Waals surface area contributed by atoms with Crippen molar-refractivity contribution in [1.29, 1.82) is 0 Å². The Hall–Kier alpha value is -1.63. The third-order valence-corrected chi connectivity index (χ3v) is 4.58. The van der Waals surface area contributed by atoms with Crippen molar-refractivity contribution in [2.24, 2.45) is 0 Å². The van der Waals surface area contributed by atoms with E-state index in [9.17, 15) is 8.42 Å². The van der Waals surface area contributed by atoms with Gasteiger partial charge in [-0.1, -0.05) is 24.3 Å². The number of nitrogens with zero attached hydrogens (tertiary/aromatic N) is 1. The normalized spacial score (nSPS) is 12.2. The van der Waals surface area contributed by atoms with E-state index in [4.69, 9.17) is 5.73 Å². The van der Waals surface area contributed by atoms with Gasteiger partial charge in [-0.2, -0.15) is 0 Å². The summed E-state index contributed by atoms with van der Waals surface area (Å²) in [6.45, 7) is 1.01. The highest BCUT2D eigenvalue weighted by Gasteiger charge is 2.17. The van der Waals surface area contributed by atoms with Crippen molar-refractivity contribution < 1.29 is 8.42 Å². The number of hydrogen-bond donors (Lipinski definition) is 2. The molecular formula is C14H19N3O2S. The number of nitrogens with two attached hydrogens (primary N) is 1. The highest BCUT2D eigenvalue weighted by Crippen LogP contribution is 2.27. The molecular weight excluding hydrogens is 274 g/mol. The van der Waals surface area contributed by atoms with Gasteiger partial charge in [0.1, 0.15) is 0 Å². The predicted molar refractivity (Wildman–Crippen MR) is 82.1 cm³/mol. The lowest BCUT2D eigenvalue weighted by Crippen LogP contribution is -2.31. The Morgan fingerprint density at radius 1 is 1.10 bits per heavy atom. The molecule has 0 aliphatic carbocycles. The summed E-state index contributed by atoms with van der Waals surface area (Å²) in [6, 6.07) is 10.4. The molecule has 0 amide bonds. The maximum absolute atomic E-state index is 12.4. The van der Waals surface area contributed by atoms with Crippen LogP contribution in [0, 0.1) is 0 Å². The SMILES string of the molecule is CN(C)CCNS(=O)(=O)c1ccc(N)c2ccccc12. The molecule has 0 saturated heterocycles. The molecule has 3 N–H and O–H groups in total. The summed E-state index contributed by atoms with van der Waals surface area (Å²) in [4.78, 5) is 2.19. The van der Waals surface area contributed by atoms with Gasteiger partial charge in [0.2, 0.25) is 10.0 Å². The van der Waals surface area contributed by atoms with E-state index in [1.54, 1.807) is 24.3 Å². The van der Waals surface area contributed by atoms with Crippen LogP contribution in [0.5, 0.6) is 0 Å². The number of sulfonamides is 1. The number of hydrogen-bond acceptors (Lipinski definition) is 4. The van der Waals surface area contributed by atoms with E-state index in [0.29, 0.717) is 24.2 Å². The van der Waals surface area contributed by atoms with E-state index in [2.05, 4.69) is 4.72 Å². The first-order chi connectivity index (χ1) is 9.42. The van der Waals surface area contributed by atoms with Crippen molar-refractivity contribution in [3.63, 3.8) is 0 Å². The van der Waals surface area contributed by atoms with Crippen molar-refractivity contribution in [1.82, 2.24) is 9.62 Å². The summed E-state index contributed by atoms with van der Waals surface area (Å²) in [5.74, 6) is 0. The summed E-state index contributed by atoms with van der Waals surface area (Å²) in [7, 11) is 0.260. The highest BCUT2D eigenvalue weighted by molar-refractivity contribution is 7.89. The van der Waals surface area contributed by atoms with Gasteiger partial charge in [0.15, 0.2) is 0 Å². The molecule has 0 spiro atoms. The third kappa shape index (κ3) is 3.09. The van der Waals surface area contributed by atoms with Gasteiger partial charge < -0.3 is 10.6 Å². The minimum absolute atomic E-state index is 0.265. The van der Waals surface area contributed by atoms with Gasteiger partial charge in [0.05, 0.1) is 4.90 Å². The summed E-state index contributed by atoms with van der Waals surface area (Å²) in [5, 5.41) is 1.40. The van der Waals surface area contributed by atoms with Crippen molar-refractivity contribution in [3.8, 4) is 0 Å². The van der Waals surface area contributed by atoms with Crippen LogP contribution in [0.3, 0.4) is 0 Å². The Kier molecular flexibility index (Phi) is 4.27. The third-order valence-electron chi connectivity index (χ3n) is 3.06. The second-order valence-electron chi connectivity index (χ2n) is 4.90. The Morgan fingerprint density at radius 3 is 2.40 bits per heavy atom. The van der Waals surface area contributed by atoms with Gasteiger partial charge in [0, 0.05) is 29.5 Å². The second-order valence-corrected chi connectivity index (χ2v) is 6.63. The van der Waals surface area contributed by atoms with Crippen LogP contribution in [0.15, 0.2) is 41.3 Å². The zero-order valence-corrected chi connectivity index (χ0v) is 12.4. The number of rotatable bonds is 5. The number of nitrogen functional groups attached to an aromatic ring is 1. The lowest BCUT2D eigenvalue weighted by atomic mass is 10.1. The van der Waals surface area contributed by atoms with Crippen LogP contribution in [-0.4, -0.2) is 40.5 Å². The van der Waals surface area contributed by atoms with Crippen molar-refractivity contribution in [2.45, 2.75) is 4.90 Å². The van der Waals surface area contributed by atoms with E-state index >= 15 is 0 Å². The molecule has 0 bridgehead atoms. The Bertz CT molecular complexity index is 711. The molecule has 0 atom stereocenters. The molecule has 5 nitrogen and oxygen atoms in total. The topological polar surface area (TPSA) is 75.4 Å². The van der Waals surface area contributed by atoms with E-state index < -0.39 is 10.0 Å².